The second-order valence-electron chi connectivity index (χ2n) is 4.89. The van der Waals surface area contributed by atoms with E-state index in [1.54, 1.807) is 18.2 Å². The molecule has 0 aliphatic rings. The van der Waals surface area contributed by atoms with Crippen molar-refractivity contribution >= 4 is 46.7 Å². The number of methoxy groups -OCH3 is 1. The lowest BCUT2D eigenvalue weighted by Gasteiger charge is -2.10. The standard InChI is InChI=1S/C17H14Cl2N2O4/c1-25-17(24)12-4-2-3-5-14(12)21-15(22)9-20-16(23)11-7-6-10(18)8-13(11)19/h2-8H,9H2,1H3,(H,20,23)(H,21,22). The fourth-order valence-corrected chi connectivity index (χ4v) is 2.50. The van der Waals surface area contributed by atoms with Gasteiger partial charge in [-0.15, -0.1) is 0 Å². The number of halogens is 2. The van der Waals surface area contributed by atoms with Crippen molar-refractivity contribution < 1.29 is 19.1 Å². The summed E-state index contributed by atoms with van der Waals surface area (Å²) in [6, 6.07) is 10.8. The van der Waals surface area contributed by atoms with Crippen LogP contribution in [0.25, 0.3) is 0 Å². The summed E-state index contributed by atoms with van der Waals surface area (Å²) in [5.41, 5.74) is 0.706. The Morgan fingerprint density at radius 1 is 1.04 bits per heavy atom. The Hall–Kier alpha value is -2.57. The Labute approximate surface area is 154 Å². The molecule has 0 saturated carbocycles. The molecule has 8 heteroatoms. The molecule has 2 N–H and O–H groups in total. The number of amides is 2. The Morgan fingerprint density at radius 2 is 1.76 bits per heavy atom. The van der Waals surface area contributed by atoms with Gasteiger partial charge in [0.15, 0.2) is 0 Å². The third-order valence-corrected chi connectivity index (χ3v) is 3.74. The van der Waals surface area contributed by atoms with Crippen LogP contribution in [0.2, 0.25) is 10.0 Å². The zero-order chi connectivity index (χ0) is 18.4. The van der Waals surface area contributed by atoms with E-state index in [0.717, 1.165) is 0 Å². The number of rotatable bonds is 5. The van der Waals surface area contributed by atoms with E-state index < -0.39 is 17.8 Å². The van der Waals surface area contributed by atoms with Crippen molar-refractivity contribution in [2.45, 2.75) is 0 Å². The minimum Gasteiger partial charge on any atom is -0.465 e. The molecule has 0 aliphatic carbocycles. The lowest BCUT2D eigenvalue weighted by molar-refractivity contribution is -0.115. The molecule has 2 aromatic carbocycles. The highest BCUT2D eigenvalue weighted by Gasteiger charge is 2.15. The number of benzene rings is 2. The fraction of sp³-hybridized carbons (Fsp3) is 0.118. The number of para-hydroxylation sites is 1. The zero-order valence-electron chi connectivity index (χ0n) is 13.1. The summed E-state index contributed by atoms with van der Waals surface area (Å²) in [5.74, 6) is -1.60. The molecule has 6 nitrogen and oxygen atoms in total. The van der Waals surface area contributed by atoms with Gasteiger partial charge in [-0.3, -0.25) is 9.59 Å². The third kappa shape index (κ3) is 4.95. The van der Waals surface area contributed by atoms with Crippen LogP contribution in [0.1, 0.15) is 20.7 Å². The van der Waals surface area contributed by atoms with Crippen LogP contribution in [0.5, 0.6) is 0 Å². The first-order chi connectivity index (χ1) is 11.9. The quantitative estimate of drug-likeness (QED) is 0.780. The number of esters is 1. The van der Waals surface area contributed by atoms with Gasteiger partial charge in [0.1, 0.15) is 0 Å². The van der Waals surface area contributed by atoms with Gasteiger partial charge in [-0.1, -0.05) is 35.3 Å². The van der Waals surface area contributed by atoms with Gasteiger partial charge in [-0.25, -0.2) is 4.79 Å². The van der Waals surface area contributed by atoms with Gasteiger partial charge in [0, 0.05) is 5.02 Å². The van der Waals surface area contributed by atoms with Crippen LogP contribution in [0, 0.1) is 0 Å². The molecule has 0 atom stereocenters. The van der Waals surface area contributed by atoms with Crippen LogP contribution in [0.15, 0.2) is 42.5 Å². The molecule has 0 fully saturated rings. The molecule has 2 rings (SSSR count). The maximum absolute atomic E-state index is 12.1. The molecular weight excluding hydrogens is 367 g/mol. The zero-order valence-corrected chi connectivity index (χ0v) is 14.6. The van der Waals surface area contributed by atoms with E-state index in [0.29, 0.717) is 5.02 Å². The Balaban J connectivity index is 1.99. The number of anilines is 1. The number of carbonyl (C=O) groups is 3. The van der Waals surface area contributed by atoms with Crippen molar-refractivity contribution in [1.82, 2.24) is 5.32 Å². The SMILES string of the molecule is COC(=O)c1ccccc1NC(=O)CNC(=O)c1ccc(Cl)cc1Cl. The van der Waals surface area contributed by atoms with Gasteiger partial charge in [0.05, 0.1) is 35.5 Å². The number of ether oxygens (including phenoxy) is 1. The third-order valence-electron chi connectivity index (χ3n) is 3.19. The molecule has 2 amide bonds. The largest absolute Gasteiger partial charge is 0.465 e. The average Bonchev–Trinajstić information content (AvgIpc) is 2.59. The number of nitrogens with one attached hydrogen (secondary N) is 2. The highest BCUT2D eigenvalue weighted by Crippen LogP contribution is 2.20. The van der Waals surface area contributed by atoms with E-state index in [4.69, 9.17) is 23.2 Å². The lowest BCUT2D eigenvalue weighted by atomic mass is 10.2. The Kier molecular flexibility index (Phi) is 6.38. The van der Waals surface area contributed by atoms with Crippen molar-refractivity contribution in [1.29, 1.82) is 0 Å². The van der Waals surface area contributed by atoms with Gasteiger partial charge in [0.2, 0.25) is 5.91 Å². The van der Waals surface area contributed by atoms with Crippen molar-refractivity contribution in [3.05, 3.63) is 63.6 Å². The van der Waals surface area contributed by atoms with E-state index in [9.17, 15) is 14.4 Å². The summed E-state index contributed by atoms with van der Waals surface area (Å²) < 4.78 is 4.65. The second-order valence-corrected chi connectivity index (χ2v) is 5.74. The molecule has 0 aromatic heterocycles. The number of carbonyl (C=O) groups excluding carboxylic acids is 3. The van der Waals surface area contributed by atoms with Crippen molar-refractivity contribution in [3.63, 3.8) is 0 Å². The molecular formula is C17H14Cl2N2O4. The van der Waals surface area contributed by atoms with E-state index in [1.165, 1.54) is 31.4 Å². The van der Waals surface area contributed by atoms with Crippen LogP contribution in [-0.4, -0.2) is 31.4 Å². The van der Waals surface area contributed by atoms with Gasteiger partial charge < -0.3 is 15.4 Å². The van der Waals surface area contributed by atoms with E-state index in [-0.39, 0.29) is 28.4 Å². The van der Waals surface area contributed by atoms with Crippen LogP contribution >= 0.6 is 23.2 Å². The summed E-state index contributed by atoms with van der Waals surface area (Å²) in [6.45, 7) is -0.298. The van der Waals surface area contributed by atoms with Gasteiger partial charge in [0.25, 0.3) is 5.91 Å². The summed E-state index contributed by atoms with van der Waals surface area (Å²) in [5, 5.41) is 5.58. The van der Waals surface area contributed by atoms with Gasteiger partial charge >= 0.3 is 5.97 Å². The molecule has 0 heterocycles. The predicted octanol–water partition coefficient (Wildman–Crippen LogP) is 3.15. The maximum atomic E-state index is 12.1. The highest BCUT2D eigenvalue weighted by atomic mass is 35.5. The molecule has 0 spiro atoms. The van der Waals surface area contributed by atoms with Gasteiger partial charge in [-0.2, -0.15) is 0 Å². The van der Waals surface area contributed by atoms with Crippen LogP contribution in [0.4, 0.5) is 5.69 Å². The Bertz CT molecular complexity index is 824. The molecule has 2 aromatic rings. The summed E-state index contributed by atoms with van der Waals surface area (Å²) in [4.78, 5) is 35.7. The Morgan fingerprint density at radius 3 is 2.44 bits per heavy atom. The minimum absolute atomic E-state index is 0.182. The summed E-state index contributed by atoms with van der Waals surface area (Å²) >= 11 is 11.7. The second kappa shape index (κ2) is 8.50. The molecule has 0 unspecified atom stereocenters. The van der Waals surface area contributed by atoms with E-state index in [2.05, 4.69) is 15.4 Å². The van der Waals surface area contributed by atoms with Crippen LogP contribution < -0.4 is 10.6 Å². The summed E-state index contributed by atoms with van der Waals surface area (Å²) in [7, 11) is 1.25. The first kappa shape index (κ1) is 18.8. The van der Waals surface area contributed by atoms with E-state index >= 15 is 0 Å². The first-order valence-electron chi connectivity index (χ1n) is 7.13. The molecule has 0 bridgehead atoms. The van der Waals surface area contributed by atoms with Crippen molar-refractivity contribution in [2.75, 3.05) is 19.0 Å². The summed E-state index contributed by atoms with van der Waals surface area (Å²) in [6.07, 6.45) is 0. The monoisotopic (exact) mass is 380 g/mol. The maximum Gasteiger partial charge on any atom is 0.339 e. The fourth-order valence-electron chi connectivity index (χ4n) is 2.00. The van der Waals surface area contributed by atoms with E-state index in [1.807, 2.05) is 0 Å². The smallest absolute Gasteiger partial charge is 0.339 e. The van der Waals surface area contributed by atoms with Gasteiger partial charge in [-0.05, 0) is 30.3 Å². The van der Waals surface area contributed by atoms with Crippen LogP contribution in [-0.2, 0) is 9.53 Å². The topological polar surface area (TPSA) is 84.5 Å². The molecule has 0 aliphatic heterocycles. The molecule has 25 heavy (non-hydrogen) atoms. The number of hydrogen-bond donors (Lipinski definition) is 2. The highest BCUT2D eigenvalue weighted by molar-refractivity contribution is 6.36. The lowest BCUT2D eigenvalue weighted by Crippen LogP contribution is -2.33. The van der Waals surface area contributed by atoms with Crippen molar-refractivity contribution in [3.8, 4) is 0 Å². The number of hydrogen-bond acceptors (Lipinski definition) is 4. The average molecular weight is 381 g/mol. The minimum atomic E-state index is -0.576. The molecule has 0 saturated heterocycles. The molecule has 0 radical (unpaired) electrons. The van der Waals surface area contributed by atoms with Crippen LogP contribution in [0.3, 0.4) is 0 Å². The normalized spacial score (nSPS) is 10.0. The van der Waals surface area contributed by atoms with Crippen molar-refractivity contribution in [2.24, 2.45) is 0 Å². The predicted molar refractivity (Wildman–Crippen MR) is 95.2 cm³/mol. The molecule has 130 valence electrons. The first-order valence-corrected chi connectivity index (χ1v) is 7.88.